The van der Waals surface area contributed by atoms with Crippen LogP contribution in [-0.2, 0) is 6.42 Å². The van der Waals surface area contributed by atoms with Gasteiger partial charge in [0.1, 0.15) is 0 Å². The predicted molar refractivity (Wildman–Crippen MR) is 95.1 cm³/mol. The molecule has 3 rings (SSSR count). The van der Waals surface area contributed by atoms with Crippen LogP contribution < -0.4 is 5.32 Å². The molecule has 0 aliphatic rings. The van der Waals surface area contributed by atoms with Gasteiger partial charge in [0.15, 0.2) is 0 Å². The highest BCUT2D eigenvalue weighted by Gasteiger charge is 2.14. The van der Waals surface area contributed by atoms with Gasteiger partial charge in [0.2, 0.25) is 0 Å². The zero-order valence-corrected chi connectivity index (χ0v) is 13.1. The van der Waals surface area contributed by atoms with Gasteiger partial charge in [-0.1, -0.05) is 79.7 Å². The number of hydrogen-bond acceptors (Lipinski definition) is 1. The lowest BCUT2D eigenvalue weighted by Crippen LogP contribution is -2.24. The van der Waals surface area contributed by atoms with E-state index >= 15 is 0 Å². The van der Waals surface area contributed by atoms with E-state index in [4.69, 9.17) is 0 Å². The van der Waals surface area contributed by atoms with Crippen molar-refractivity contribution in [1.82, 2.24) is 5.32 Å². The molecule has 0 saturated heterocycles. The summed E-state index contributed by atoms with van der Waals surface area (Å²) >= 11 is 0. The normalized spacial score (nSPS) is 12.4. The quantitative estimate of drug-likeness (QED) is 0.664. The second-order valence-corrected chi connectivity index (χ2v) is 5.76. The van der Waals surface area contributed by atoms with Crippen molar-refractivity contribution in [2.24, 2.45) is 0 Å². The summed E-state index contributed by atoms with van der Waals surface area (Å²) in [5, 5.41) is 6.40. The summed E-state index contributed by atoms with van der Waals surface area (Å²) in [6.07, 6.45) is 2.17. The maximum absolute atomic E-state index is 3.73. The van der Waals surface area contributed by atoms with Crippen molar-refractivity contribution in [2.75, 3.05) is 6.54 Å². The summed E-state index contributed by atoms with van der Waals surface area (Å²) in [7, 11) is 0. The van der Waals surface area contributed by atoms with Gasteiger partial charge in [0, 0.05) is 6.04 Å². The van der Waals surface area contributed by atoms with E-state index in [0.29, 0.717) is 6.04 Å². The maximum Gasteiger partial charge on any atom is 0.0367 e. The largest absolute Gasteiger partial charge is 0.310 e. The third-order valence-corrected chi connectivity index (χ3v) is 4.12. The molecule has 0 saturated carbocycles. The number of benzene rings is 3. The van der Waals surface area contributed by atoms with E-state index in [1.165, 1.54) is 21.9 Å². The molecule has 1 atom stereocenters. The van der Waals surface area contributed by atoms with Crippen molar-refractivity contribution < 1.29 is 0 Å². The molecule has 1 N–H and O–H groups in total. The van der Waals surface area contributed by atoms with Crippen molar-refractivity contribution in [3.05, 3.63) is 83.9 Å². The van der Waals surface area contributed by atoms with Crippen LogP contribution in [0, 0.1) is 0 Å². The van der Waals surface area contributed by atoms with Crippen molar-refractivity contribution in [1.29, 1.82) is 0 Å². The third-order valence-electron chi connectivity index (χ3n) is 4.12. The van der Waals surface area contributed by atoms with Crippen LogP contribution in [0.5, 0.6) is 0 Å². The lowest BCUT2D eigenvalue weighted by molar-refractivity contribution is 0.532. The Hall–Kier alpha value is -2.12. The minimum Gasteiger partial charge on any atom is -0.310 e. The Labute approximate surface area is 133 Å². The van der Waals surface area contributed by atoms with Crippen LogP contribution in [0.2, 0.25) is 0 Å². The molecule has 0 heterocycles. The fraction of sp³-hybridized carbons (Fsp3) is 0.238. The molecule has 1 unspecified atom stereocenters. The fourth-order valence-electron chi connectivity index (χ4n) is 3.01. The smallest absolute Gasteiger partial charge is 0.0367 e. The Bertz CT molecular complexity index is 713. The summed E-state index contributed by atoms with van der Waals surface area (Å²) < 4.78 is 0. The van der Waals surface area contributed by atoms with Gasteiger partial charge in [-0.3, -0.25) is 0 Å². The van der Waals surface area contributed by atoms with Crippen LogP contribution in [0.25, 0.3) is 10.8 Å². The number of nitrogens with one attached hydrogen (secondary N) is 1. The Kier molecular flexibility index (Phi) is 4.87. The van der Waals surface area contributed by atoms with Crippen molar-refractivity contribution >= 4 is 10.8 Å². The van der Waals surface area contributed by atoms with Gasteiger partial charge in [0.25, 0.3) is 0 Å². The highest BCUT2D eigenvalue weighted by Crippen LogP contribution is 2.26. The first-order valence-electron chi connectivity index (χ1n) is 8.13. The summed E-state index contributed by atoms with van der Waals surface area (Å²) in [6.45, 7) is 3.26. The van der Waals surface area contributed by atoms with E-state index < -0.39 is 0 Å². The minimum absolute atomic E-state index is 0.355. The first kappa shape index (κ1) is 14.8. The summed E-state index contributed by atoms with van der Waals surface area (Å²) in [4.78, 5) is 0. The van der Waals surface area contributed by atoms with Gasteiger partial charge in [0.05, 0.1) is 0 Å². The SMILES string of the molecule is CCCNC(Cc1ccccc1)c1cccc2ccccc12. The molecular weight excluding hydrogens is 266 g/mol. The lowest BCUT2D eigenvalue weighted by atomic mass is 9.94. The van der Waals surface area contributed by atoms with E-state index in [2.05, 4.69) is 85.0 Å². The van der Waals surface area contributed by atoms with Crippen molar-refractivity contribution in [3.8, 4) is 0 Å². The minimum atomic E-state index is 0.355. The molecule has 3 aromatic rings. The average Bonchev–Trinajstić information content (AvgIpc) is 2.59. The zero-order valence-electron chi connectivity index (χ0n) is 13.1. The summed E-state index contributed by atoms with van der Waals surface area (Å²) in [5.74, 6) is 0. The second-order valence-electron chi connectivity index (χ2n) is 5.76. The monoisotopic (exact) mass is 289 g/mol. The molecule has 0 amide bonds. The Balaban J connectivity index is 1.97. The molecule has 0 bridgehead atoms. The van der Waals surface area contributed by atoms with Gasteiger partial charge >= 0.3 is 0 Å². The Morgan fingerprint density at radius 2 is 1.55 bits per heavy atom. The number of rotatable bonds is 6. The predicted octanol–water partition coefficient (Wildman–Crippen LogP) is 5.12. The topological polar surface area (TPSA) is 12.0 Å². The number of fused-ring (bicyclic) bond motifs is 1. The molecule has 22 heavy (non-hydrogen) atoms. The average molecular weight is 289 g/mol. The van der Waals surface area contributed by atoms with Crippen LogP contribution in [0.4, 0.5) is 0 Å². The zero-order chi connectivity index (χ0) is 15.2. The van der Waals surface area contributed by atoms with Gasteiger partial charge in [-0.15, -0.1) is 0 Å². The van der Waals surface area contributed by atoms with Crippen LogP contribution in [0.15, 0.2) is 72.8 Å². The highest BCUT2D eigenvalue weighted by molar-refractivity contribution is 5.86. The van der Waals surface area contributed by atoms with E-state index in [1.54, 1.807) is 0 Å². The van der Waals surface area contributed by atoms with Gasteiger partial charge in [-0.25, -0.2) is 0 Å². The highest BCUT2D eigenvalue weighted by atomic mass is 14.9. The molecular formula is C21H23N. The molecule has 0 radical (unpaired) electrons. The van der Waals surface area contributed by atoms with E-state index in [1.807, 2.05) is 0 Å². The molecule has 1 nitrogen and oxygen atoms in total. The van der Waals surface area contributed by atoms with Crippen LogP contribution >= 0.6 is 0 Å². The van der Waals surface area contributed by atoms with E-state index in [-0.39, 0.29) is 0 Å². The molecule has 0 aliphatic carbocycles. The lowest BCUT2D eigenvalue weighted by Gasteiger charge is -2.21. The molecule has 0 aromatic heterocycles. The second kappa shape index (κ2) is 7.24. The third kappa shape index (κ3) is 3.37. The van der Waals surface area contributed by atoms with E-state index in [9.17, 15) is 0 Å². The van der Waals surface area contributed by atoms with Gasteiger partial charge < -0.3 is 5.32 Å². The van der Waals surface area contributed by atoms with Crippen molar-refractivity contribution in [3.63, 3.8) is 0 Å². The molecule has 3 aromatic carbocycles. The molecule has 0 fully saturated rings. The van der Waals surface area contributed by atoms with Crippen LogP contribution in [0.3, 0.4) is 0 Å². The number of hydrogen-bond donors (Lipinski definition) is 1. The molecule has 0 aliphatic heterocycles. The van der Waals surface area contributed by atoms with Crippen LogP contribution in [-0.4, -0.2) is 6.54 Å². The van der Waals surface area contributed by atoms with Gasteiger partial charge in [-0.05, 0) is 41.3 Å². The summed E-state index contributed by atoms with van der Waals surface area (Å²) in [5.41, 5.74) is 2.78. The first-order valence-corrected chi connectivity index (χ1v) is 8.13. The molecule has 1 heteroatoms. The Morgan fingerprint density at radius 3 is 2.36 bits per heavy atom. The maximum atomic E-state index is 3.73. The Morgan fingerprint density at radius 1 is 0.818 bits per heavy atom. The standard InChI is InChI=1S/C21H23N/c1-2-15-22-21(16-17-9-4-3-5-10-17)20-14-8-12-18-11-6-7-13-19(18)20/h3-14,21-22H,2,15-16H2,1H3. The van der Waals surface area contributed by atoms with Crippen LogP contribution in [0.1, 0.15) is 30.5 Å². The summed E-state index contributed by atoms with van der Waals surface area (Å²) in [6, 6.07) is 26.4. The fourth-order valence-corrected chi connectivity index (χ4v) is 3.01. The molecule has 0 spiro atoms. The van der Waals surface area contributed by atoms with Crippen molar-refractivity contribution in [2.45, 2.75) is 25.8 Å². The van der Waals surface area contributed by atoms with E-state index in [0.717, 1.165) is 19.4 Å². The first-order chi connectivity index (χ1) is 10.9. The van der Waals surface area contributed by atoms with Gasteiger partial charge in [-0.2, -0.15) is 0 Å². The molecule has 112 valence electrons.